The summed E-state index contributed by atoms with van der Waals surface area (Å²) in [4.78, 5) is 8.63. The summed E-state index contributed by atoms with van der Waals surface area (Å²) in [7, 11) is 0. The number of allylic oxidation sites excluding steroid dienone is 2. The lowest BCUT2D eigenvalue weighted by molar-refractivity contribution is 0.686. The van der Waals surface area contributed by atoms with Crippen LogP contribution in [0.2, 0.25) is 0 Å². The Balaban J connectivity index is 3.10. The molecule has 1 heterocycles. The first kappa shape index (κ1) is 12.7. The highest BCUT2D eigenvalue weighted by Crippen LogP contribution is 2.21. The average Bonchev–Trinajstić information content (AvgIpc) is 2.22. The van der Waals surface area contributed by atoms with Gasteiger partial charge in [-0.3, -0.25) is 4.99 Å². The largest absolute Gasteiger partial charge is 0.382 e. The molecule has 0 aromatic heterocycles. The normalized spacial score (nSPS) is 32.3. The van der Waals surface area contributed by atoms with Gasteiger partial charge in [0.15, 0.2) is 0 Å². The van der Waals surface area contributed by atoms with Crippen molar-refractivity contribution in [3.05, 3.63) is 23.5 Å². The highest BCUT2D eigenvalue weighted by molar-refractivity contribution is 5.99. The summed E-state index contributed by atoms with van der Waals surface area (Å²) in [6.45, 7) is 8.46. The fourth-order valence-corrected chi connectivity index (χ4v) is 1.46. The number of amidine groups is 1. The maximum absolute atomic E-state index is 5.91. The fourth-order valence-electron chi connectivity index (χ4n) is 1.46. The van der Waals surface area contributed by atoms with Crippen LogP contribution in [-0.4, -0.2) is 12.1 Å². The number of hydrogen-bond donors (Lipinski definition) is 1. The van der Waals surface area contributed by atoms with E-state index in [2.05, 4.69) is 37.7 Å². The molecule has 0 saturated heterocycles. The number of aliphatic imine (C=N–C) groups is 2. The molecule has 0 amide bonds. The van der Waals surface area contributed by atoms with Gasteiger partial charge in [-0.2, -0.15) is 0 Å². The van der Waals surface area contributed by atoms with Crippen molar-refractivity contribution in [1.29, 1.82) is 0 Å². The Morgan fingerprint density at radius 2 is 2.25 bits per heavy atom. The van der Waals surface area contributed by atoms with E-state index in [1.165, 1.54) is 5.57 Å². The first-order valence-corrected chi connectivity index (χ1v) is 5.76. The van der Waals surface area contributed by atoms with E-state index in [1.54, 1.807) is 6.20 Å². The number of hydrogen-bond acceptors (Lipinski definition) is 3. The zero-order valence-corrected chi connectivity index (χ0v) is 10.6. The number of nitrogens with two attached hydrogens (primary N) is 1. The van der Waals surface area contributed by atoms with Crippen LogP contribution in [0.15, 0.2) is 33.5 Å². The van der Waals surface area contributed by atoms with Gasteiger partial charge in [0.1, 0.15) is 11.5 Å². The van der Waals surface area contributed by atoms with Gasteiger partial charge < -0.3 is 5.73 Å². The van der Waals surface area contributed by atoms with E-state index in [1.807, 2.05) is 12.3 Å². The summed E-state index contributed by atoms with van der Waals surface area (Å²) in [5.41, 5.74) is 7.96. The topological polar surface area (TPSA) is 50.7 Å². The molecule has 0 saturated carbocycles. The van der Waals surface area contributed by atoms with Gasteiger partial charge >= 0.3 is 0 Å². The summed E-state index contributed by atoms with van der Waals surface area (Å²) in [6, 6.07) is 0. The van der Waals surface area contributed by atoms with E-state index < -0.39 is 0 Å². The third-order valence-electron chi connectivity index (χ3n) is 2.67. The second-order valence-corrected chi connectivity index (χ2v) is 4.59. The molecule has 2 N–H and O–H groups in total. The molecule has 3 nitrogen and oxygen atoms in total. The van der Waals surface area contributed by atoms with Crippen LogP contribution < -0.4 is 5.73 Å². The molecular weight excluding hydrogens is 198 g/mol. The Kier molecular flexibility index (Phi) is 4.47. The van der Waals surface area contributed by atoms with Crippen LogP contribution >= 0.6 is 0 Å². The van der Waals surface area contributed by atoms with Crippen molar-refractivity contribution < 1.29 is 0 Å². The van der Waals surface area contributed by atoms with Gasteiger partial charge in [-0.05, 0) is 30.8 Å². The molecule has 88 valence electrons. The minimum atomic E-state index is 0.421. The van der Waals surface area contributed by atoms with Crippen molar-refractivity contribution in [2.75, 3.05) is 0 Å². The van der Waals surface area contributed by atoms with Crippen LogP contribution in [0.3, 0.4) is 0 Å². The molecule has 0 bridgehead atoms. The summed E-state index contributed by atoms with van der Waals surface area (Å²) in [6.07, 6.45) is 6.72. The standard InChI is InChI=1S/C13H21N3/c1-9(2)8-16-12-11(4)10(3)6-5-7-15-13(12)14/h5,7-10H,6H2,1-4H3,(H2,14,15)/b7-5+,12-11+,16-8?. The Bertz CT molecular complexity index is 359. The third-order valence-corrected chi connectivity index (χ3v) is 2.67. The second kappa shape index (κ2) is 5.64. The molecule has 16 heavy (non-hydrogen) atoms. The molecule has 0 spiro atoms. The molecule has 1 unspecified atom stereocenters. The molecule has 1 atom stereocenters. The quantitative estimate of drug-likeness (QED) is 0.713. The van der Waals surface area contributed by atoms with Gasteiger partial charge in [0.2, 0.25) is 0 Å². The van der Waals surface area contributed by atoms with Gasteiger partial charge in [-0.1, -0.05) is 26.8 Å². The molecular formula is C13H21N3. The maximum Gasteiger partial charge on any atom is 0.149 e. The summed E-state index contributed by atoms with van der Waals surface area (Å²) >= 11 is 0. The predicted molar refractivity (Wildman–Crippen MR) is 70.6 cm³/mol. The Hall–Kier alpha value is -1.38. The van der Waals surface area contributed by atoms with E-state index in [0.29, 0.717) is 17.7 Å². The Morgan fingerprint density at radius 1 is 1.56 bits per heavy atom. The second-order valence-electron chi connectivity index (χ2n) is 4.59. The average molecular weight is 219 g/mol. The van der Waals surface area contributed by atoms with Crippen molar-refractivity contribution in [1.82, 2.24) is 0 Å². The summed E-state index contributed by atoms with van der Waals surface area (Å²) in [5.74, 6) is 1.39. The Labute approximate surface area is 97.9 Å². The maximum atomic E-state index is 5.91. The molecule has 1 aliphatic heterocycles. The molecule has 0 aromatic carbocycles. The lowest BCUT2D eigenvalue weighted by Crippen LogP contribution is -2.18. The van der Waals surface area contributed by atoms with Gasteiger partial charge in [-0.15, -0.1) is 0 Å². The monoisotopic (exact) mass is 219 g/mol. The van der Waals surface area contributed by atoms with Gasteiger partial charge in [0.25, 0.3) is 0 Å². The van der Waals surface area contributed by atoms with Crippen molar-refractivity contribution in [3.63, 3.8) is 0 Å². The molecule has 1 rings (SSSR count). The fraction of sp³-hybridized carbons (Fsp3) is 0.538. The zero-order valence-electron chi connectivity index (χ0n) is 10.6. The molecule has 1 aliphatic rings. The first-order valence-electron chi connectivity index (χ1n) is 5.76. The zero-order chi connectivity index (χ0) is 12.1. The molecule has 0 radical (unpaired) electrons. The molecule has 0 fully saturated rings. The molecule has 0 aromatic rings. The SMILES string of the molecule is C/C1=C(N=CC(C)C)/C(N)=N/C=C/CC1C. The van der Waals surface area contributed by atoms with Crippen molar-refractivity contribution in [2.24, 2.45) is 27.6 Å². The minimum absolute atomic E-state index is 0.421. The highest BCUT2D eigenvalue weighted by Gasteiger charge is 2.13. The van der Waals surface area contributed by atoms with Crippen LogP contribution in [0.5, 0.6) is 0 Å². The number of rotatable bonds is 2. The number of nitrogens with zero attached hydrogens (tertiary/aromatic N) is 2. The summed E-state index contributed by atoms with van der Waals surface area (Å²) in [5, 5.41) is 0. The van der Waals surface area contributed by atoms with Gasteiger partial charge in [0.05, 0.1) is 0 Å². The van der Waals surface area contributed by atoms with Crippen LogP contribution in [0.1, 0.15) is 34.1 Å². The van der Waals surface area contributed by atoms with E-state index in [-0.39, 0.29) is 0 Å². The van der Waals surface area contributed by atoms with Gasteiger partial charge in [-0.25, -0.2) is 4.99 Å². The first-order chi connectivity index (χ1) is 7.52. The van der Waals surface area contributed by atoms with Crippen molar-refractivity contribution >= 4 is 12.1 Å². The summed E-state index contributed by atoms with van der Waals surface area (Å²) < 4.78 is 0. The molecule has 0 aliphatic carbocycles. The van der Waals surface area contributed by atoms with Crippen molar-refractivity contribution in [3.8, 4) is 0 Å². The lowest BCUT2D eigenvalue weighted by atomic mass is 9.96. The van der Waals surface area contributed by atoms with Gasteiger partial charge in [0, 0.05) is 12.4 Å². The third kappa shape index (κ3) is 3.33. The molecule has 3 heteroatoms. The van der Waals surface area contributed by atoms with E-state index in [4.69, 9.17) is 5.73 Å². The van der Waals surface area contributed by atoms with Crippen molar-refractivity contribution in [2.45, 2.75) is 34.1 Å². The van der Waals surface area contributed by atoms with Crippen LogP contribution in [0.25, 0.3) is 0 Å². The smallest absolute Gasteiger partial charge is 0.149 e. The van der Waals surface area contributed by atoms with Crippen LogP contribution in [-0.2, 0) is 0 Å². The van der Waals surface area contributed by atoms with E-state index >= 15 is 0 Å². The lowest BCUT2D eigenvalue weighted by Gasteiger charge is -2.15. The highest BCUT2D eigenvalue weighted by atomic mass is 14.9. The Morgan fingerprint density at radius 3 is 2.88 bits per heavy atom. The minimum Gasteiger partial charge on any atom is -0.382 e. The predicted octanol–water partition coefficient (Wildman–Crippen LogP) is 2.90. The van der Waals surface area contributed by atoms with Crippen LogP contribution in [0, 0.1) is 11.8 Å². The van der Waals surface area contributed by atoms with E-state index in [9.17, 15) is 0 Å². The van der Waals surface area contributed by atoms with Crippen LogP contribution in [0.4, 0.5) is 0 Å². The van der Waals surface area contributed by atoms with E-state index in [0.717, 1.165) is 12.1 Å².